The summed E-state index contributed by atoms with van der Waals surface area (Å²) in [6.45, 7) is 1.21. The largest absolute Gasteiger partial charge is 0.497 e. The van der Waals surface area contributed by atoms with Crippen LogP contribution in [0.5, 0.6) is 28.7 Å². The molecule has 1 aliphatic heterocycles. The summed E-state index contributed by atoms with van der Waals surface area (Å²) in [5.74, 6) is 4.06. The van der Waals surface area contributed by atoms with Crippen molar-refractivity contribution in [3.05, 3.63) is 76.9 Å². The van der Waals surface area contributed by atoms with Crippen LogP contribution in [0.1, 0.15) is 22.3 Å². The van der Waals surface area contributed by atoms with E-state index in [1.807, 2.05) is 18.2 Å². The van der Waals surface area contributed by atoms with Gasteiger partial charge in [-0.1, -0.05) is 18.2 Å². The standard InChI is InChI=1S/C27H30O5/c1-28-23-11-6-19(7-12-23)4-9-21-17-25(29-2)26(30-3)18-22(21)10-5-20-8-13-24-27(16-20)32-15-14-31-24/h6-8,11-13,16-18H,4-5,9-10,14-15H2,1-3H3. The molecule has 0 atom stereocenters. The Balaban J connectivity index is 1.52. The highest BCUT2D eigenvalue weighted by Crippen LogP contribution is 2.34. The average molecular weight is 435 g/mol. The van der Waals surface area contributed by atoms with Crippen LogP contribution in [-0.4, -0.2) is 34.5 Å². The van der Waals surface area contributed by atoms with Gasteiger partial charge in [0.2, 0.25) is 0 Å². The van der Waals surface area contributed by atoms with Crippen LogP contribution in [0.4, 0.5) is 0 Å². The van der Waals surface area contributed by atoms with Crippen LogP contribution in [0.3, 0.4) is 0 Å². The zero-order chi connectivity index (χ0) is 22.3. The Morgan fingerprint density at radius 2 is 1.16 bits per heavy atom. The lowest BCUT2D eigenvalue weighted by atomic mass is 9.94. The van der Waals surface area contributed by atoms with Crippen LogP contribution in [0.25, 0.3) is 0 Å². The van der Waals surface area contributed by atoms with Crippen molar-refractivity contribution < 1.29 is 23.7 Å². The molecule has 3 aromatic carbocycles. The number of fused-ring (bicyclic) bond motifs is 1. The molecule has 32 heavy (non-hydrogen) atoms. The van der Waals surface area contributed by atoms with Crippen LogP contribution in [0, 0.1) is 0 Å². The third-order valence-corrected chi connectivity index (χ3v) is 5.84. The van der Waals surface area contributed by atoms with Gasteiger partial charge in [-0.25, -0.2) is 0 Å². The van der Waals surface area contributed by atoms with Crippen LogP contribution in [-0.2, 0) is 25.7 Å². The van der Waals surface area contributed by atoms with Crippen molar-refractivity contribution in [2.45, 2.75) is 25.7 Å². The fourth-order valence-electron chi connectivity index (χ4n) is 4.02. The first-order chi connectivity index (χ1) is 15.7. The number of methoxy groups -OCH3 is 3. The first-order valence-corrected chi connectivity index (χ1v) is 11.0. The highest BCUT2D eigenvalue weighted by Gasteiger charge is 2.14. The summed E-state index contributed by atoms with van der Waals surface area (Å²) in [5, 5.41) is 0. The molecule has 0 N–H and O–H groups in total. The molecule has 0 radical (unpaired) electrons. The zero-order valence-corrected chi connectivity index (χ0v) is 19.0. The van der Waals surface area contributed by atoms with Gasteiger partial charge < -0.3 is 23.7 Å². The van der Waals surface area contributed by atoms with Gasteiger partial charge in [-0.05, 0) is 84.3 Å². The van der Waals surface area contributed by atoms with E-state index < -0.39 is 0 Å². The highest BCUT2D eigenvalue weighted by molar-refractivity contribution is 5.49. The van der Waals surface area contributed by atoms with Crippen LogP contribution in [0.15, 0.2) is 54.6 Å². The molecule has 1 aliphatic rings. The van der Waals surface area contributed by atoms with E-state index in [0.29, 0.717) is 13.2 Å². The Bertz CT molecular complexity index is 1040. The Hall–Kier alpha value is -3.34. The van der Waals surface area contributed by atoms with Crippen molar-refractivity contribution in [2.24, 2.45) is 0 Å². The van der Waals surface area contributed by atoms with Crippen LogP contribution >= 0.6 is 0 Å². The molecule has 1 heterocycles. The number of benzene rings is 3. The molecular formula is C27H30O5. The quantitative estimate of drug-likeness (QED) is 0.471. The summed E-state index contributed by atoms with van der Waals surface area (Å²) in [5.41, 5.74) is 5.05. The lowest BCUT2D eigenvalue weighted by Crippen LogP contribution is -2.15. The van der Waals surface area contributed by atoms with Gasteiger partial charge in [0, 0.05) is 0 Å². The summed E-state index contributed by atoms with van der Waals surface area (Å²) >= 11 is 0. The molecule has 3 aromatic rings. The third kappa shape index (κ3) is 5.10. The number of rotatable bonds is 9. The molecule has 0 fully saturated rings. The summed E-state index contributed by atoms with van der Waals surface area (Å²) in [7, 11) is 5.05. The predicted molar refractivity (Wildman–Crippen MR) is 125 cm³/mol. The Morgan fingerprint density at radius 3 is 1.75 bits per heavy atom. The van der Waals surface area contributed by atoms with Gasteiger partial charge in [-0.15, -0.1) is 0 Å². The zero-order valence-electron chi connectivity index (χ0n) is 19.0. The van der Waals surface area contributed by atoms with E-state index in [2.05, 4.69) is 36.4 Å². The van der Waals surface area contributed by atoms with E-state index in [1.165, 1.54) is 22.3 Å². The summed E-state index contributed by atoms with van der Waals surface area (Å²) in [4.78, 5) is 0. The van der Waals surface area contributed by atoms with E-state index in [4.69, 9.17) is 23.7 Å². The SMILES string of the molecule is COc1ccc(CCc2cc(OC)c(OC)cc2CCc2ccc3c(c2)OCCO3)cc1. The molecule has 0 amide bonds. The summed E-state index contributed by atoms with van der Waals surface area (Å²) < 4.78 is 27.8. The van der Waals surface area contributed by atoms with E-state index in [-0.39, 0.29) is 0 Å². The molecule has 0 saturated heterocycles. The van der Waals surface area contributed by atoms with Crippen molar-refractivity contribution in [1.29, 1.82) is 0 Å². The predicted octanol–water partition coefficient (Wildman–Crippen LogP) is 5.05. The van der Waals surface area contributed by atoms with E-state index in [9.17, 15) is 0 Å². The fraction of sp³-hybridized carbons (Fsp3) is 0.333. The number of hydrogen-bond donors (Lipinski definition) is 0. The van der Waals surface area contributed by atoms with Gasteiger partial charge in [-0.3, -0.25) is 0 Å². The molecule has 0 aliphatic carbocycles. The van der Waals surface area contributed by atoms with E-state index in [0.717, 1.165) is 54.4 Å². The Labute approximate surface area is 189 Å². The molecule has 0 spiro atoms. The molecule has 0 saturated carbocycles. The maximum absolute atomic E-state index is 5.74. The van der Waals surface area contributed by atoms with Crippen molar-refractivity contribution in [1.82, 2.24) is 0 Å². The molecule has 5 nitrogen and oxygen atoms in total. The number of hydrogen-bond acceptors (Lipinski definition) is 5. The van der Waals surface area contributed by atoms with Crippen molar-refractivity contribution in [3.63, 3.8) is 0 Å². The maximum atomic E-state index is 5.74. The lowest BCUT2D eigenvalue weighted by Gasteiger charge is -2.19. The number of aryl methyl sites for hydroxylation is 4. The Kier molecular flexibility index (Phi) is 7.05. The monoisotopic (exact) mass is 434 g/mol. The molecule has 5 heteroatoms. The minimum atomic E-state index is 0.599. The van der Waals surface area contributed by atoms with E-state index >= 15 is 0 Å². The number of ether oxygens (including phenoxy) is 5. The van der Waals surface area contributed by atoms with Gasteiger partial charge in [-0.2, -0.15) is 0 Å². The van der Waals surface area contributed by atoms with E-state index in [1.54, 1.807) is 21.3 Å². The maximum Gasteiger partial charge on any atom is 0.161 e. The van der Waals surface area contributed by atoms with Crippen LogP contribution in [0.2, 0.25) is 0 Å². The smallest absolute Gasteiger partial charge is 0.161 e. The second-order valence-corrected chi connectivity index (χ2v) is 7.80. The van der Waals surface area contributed by atoms with Gasteiger partial charge in [0.1, 0.15) is 19.0 Å². The van der Waals surface area contributed by atoms with Gasteiger partial charge in [0.25, 0.3) is 0 Å². The van der Waals surface area contributed by atoms with Crippen LogP contribution < -0.4 is 23.7 Å². The molecule has 0 unspecified atom stereocenters. The fourth-order valence-corrected chi connectivity index (χ4v) is 4.02. The van der Waals surface area contributed by atoms with Crippen molar-refractivity contribution in [2.75, 3.05) is 34.5 Å². The molecule has 4 rings (SSSR count). The highest BCUT2D eigenvalue weighted by atomic mass is 16.6. The molecule has 0 bridgehead atoms. The minimum Gasteiger partial charge on any atom is -0.497 e. The first-order valence-electron chi connectivity index (χ1n) is 11.0. The van der Waals surface area contributed by atoms with Crippen molar-refractivity contribution >= 4 is 0 Å². The average Bonchev–Trinajstić information content (AvgIpc) is 2.86. The normalized spacial score (nSPS) is 12.3. The molecule has 0 aromatic heterocycles. The Morgan fingerprint density at radius 1 is 0.594 bits per heavy atom. The molecule has 168 valence electrons. The van der Waals surface area contributed by atoms with Gasteiger partial charge in [0.05, 0.1) is 21.3 Å². The van der Waals surface area contributed by atoms with Gasteiger partial charge >= 0.3 is 0 Å². The summed E-state index contributed by atoms with van der Waals surface area (Å²) in [6, 6.07) is 18.7. The second-order valence-electron chi connectivity index (χ2n) is 7.80. The van der Waals surface area contributed by atoms with Crippen molar-refractivity contribution in [3.8, 4) is 28.7 Å². The first kappa shape index (κ1) is 21.9. The summed E-state index contributed by atoms with van der Waals surface area (Å²) in [6.07, 6.45) is 3.67. The third-order valence-electron chi connectivity index (χ3n) is 5.84. The lowest BCUT2D eigenvalue weighted by molar-refractivity contribution is 0.171. The second kappa shape index (κ2) is 10.3. The molecular weight excluding hydrogens is 404 g/mol. The topological polar surface area (TPSA) is 46.2 Å². The van der Waals surface area contributed by atoms with Gasteiger partial charge in [0.15, 0.2) is 23.0 Å². The minimum absolute atomic E-state index is 0.599.